The van der Waals surface area contributed by atoms with Crippen molar-refractivity contribution >= 4 is 23.1 Å². The quantitative estimate of drug-likeness (QED) is 0.690. The molecule has 0 radical (unpaired) electrons. The van der Waals surface area contributed by atoms with Crippen LogP contribution in [0.2, 0.25) is 0 Å². The van der Waals surface area contributed by atoms with Gasteiger partial charge < -0.3 is 11.1 Å². The van der Waals surface area contributed by atoms with Crippen LogP contribution in [0.3, 0.4) is 0 Å². The van der Waals surface area contributed by atoms with Crippen LogP contribution in [0, 0.1) is 11.8 Å². The first-order chi connectivity index (χ1) is 9.19. The Morgan fingerprint density at radius 2 is 2.37 bits per heavy atom. The molecule has 0 saturated heterocycles. The molecule has 0 unspecified atom stereocenters. The maximum atomic E-state index is 11.9. The van der Waals surface area contributed by atoms with Crippen molar-refractivity contribution in [3.05, 3.63) is 44.4 Å². The van der Waals surface area contributed by atoms with E-state index in [2.05, 4.69) is 27.4 Å². The number of aromatic amines is 1. The van der Waals surface area contributed by atoms with Crippen LogP contribution in [0.1, 0.15) is 15.2 Å². The van der Waals surface area contributed by atoms with Crippen molar-refractivity contribution in [1.29, 1.82) is 0 Å². The molecule has 0 fully saturated rings. The molecule has 0 atom stereocenters. The minimum Gasteiger partial charge on any atom is -0.320 e. The number of amides is 1. The second-order valence-corrected chi connectivity index (χ2v) is 4.38. The average Bonchev–Trinajstić information content (AvgIpc) is 2.88. The van der Waals surface area contributed by atoms with Gasteiger partial charge in [0.05, 0.1) is 17.0 Å². The Morgan fingerprint density at radius 1 is 1.53 bits per heavy atom. The van der Waals surface area contributed by atoms with Crippen molar-refractivity contribution in [2.45, 2.75) is 0 Å². The van der Waals surface area contributed by atoms with E-state index < -0.39 is 0 Å². The maximum Gasteiger partial charge on any atom is 0.264 e. The van der Waals surface area contributed by atoms with Gasteiger partial charge in [-0.3, -0.25) is 9.59 Å². The molecule has 2 aromatic rings. The fraction of sp³-hybridized carbons (Fsp3) is 0.0833. The smallest absolute Gasteiger partial charge is 0.264 e. The number of hydrogen-bond acceptors (Lipinski definition) is 5. The van der Waals surface area contributed by atoms with E-state index in [0.29, 0.717) is 5.56 Å². The number of nitrogens with one attached hydrogen (secondary N) is 2. The van der Waals surface area contributed by atoms with E-state index in [1.165, 1.54) is 23.5 Å². The number of carbonyl (C=O) groups excluding carboxylic acids is 1. The minimum absolute atomic E-state index is 0.279. The molecular formula is C12H10N4O2S. The number of rotatable bonds is 2. The Kier molecular flexibility index (Phi) is 4.07. The Labute approximate surface area is 112 Å². The van der Waals surface area contributed by atoms with E-state index >= 15 is 0 Å². The van der Waals surface area contributed by atoms with Crippen molar-refractivity contribution in [1.82, 2.24) is 10.2 Å². The van der Waals surface area contributed by atoms with Crippen molar-refractivity contribution < 1.29 is 4.79 Å². The third kappa shape index (κ3) is 3.51. The highest BCUT2D eigenvalue weighted by Crippen LogP contribution is 2.14. The summed E-state index contributed by atoms with van der Waals surface area (Å²) in [6.07, 6.45) is 0. The summed E-state index contributed by atoms with van der Waals surface area (Å²) in [5.74, 6) is 5.54. The van der Waals surface area contributed by atoms with E-state index in [1.54, 1.807) is 11.4 Å². The Bertz CT molecular complexity index is 688. The van der Waals surface area contributed by atoms with Gasteiger partial charge in [-0.1, -0.05) is 11.8 Å². The van der Waals surface area contributed by atoms with Crippen LogP contribution in [0.4, 0.5) is 5.82 Å². The van der Waals surface area contributed by atoms with Crippen LogP contribution in [0.25, 0.3) is 0 Å². The normalized spacial score (nSPS) is 9.53. The van der Waals surface area contributed by atoms with Crippen LogP contribution in [-0.4, -0.2) is 22.6 Å². The molecule has 1 amide bonds. The highest BCUT2D eigenvalue weighted by molar-refractivity contribution is 7.10. The van der Waals surface area contributed by atoms with Crippen molar-refractivity contribution in [3.63, 3.8) is 0 Å². The topological polar surface area (TPSA) is 101 Å². The molecule has 6 nitrogen and oxygen atoms in total. The van der Waals surface area contributed by atoms with E-state index in [1.807, 2.05) is 0 Å². The second-order valence-electron chi connectivity index (χ2n) is 3.47. The van der Waals surface area contributed by atoms with Gasteiger partial charge in [0.2, 0.25) is 0 Å². The van der Waals surface area contributed by atoms with Gasteiger partial charge in [0.1, 0.15) is 0 Å². The third-order valence-electron chi connectivity index (χ3n) is 2.10. The molecule has 7 heteroatoms. The molecule has 0 bridgehead atoms. The number of hydrogen-bond donors (Lipinski definition) is 3. The second kappa shape index (κ2) is 5.95. The first-order valence-corrected chi connectivity index (χ1v) is 6.21. The predicted molar refractivity (Wildman–Crippen MR) is 73.1 cm³/mol. The number of nitrogens with zero attached hydrogens (tertiary/aromatic N) is 1. The highest BCUT2D eigenvalue weighted by atomic mass is 32.1. The van der Waals surface area contributed by atoms with Gasteiger partial charge in [0.25, 0.3) is 11.5 Å². The average molecular weight is 274 g/mol. The standard InChI is InChI=1S/C12H10N4O2S/c13-5-1-2-9-6-8(7-19-9)12(18)14-10-3-4-11(17)16-15-10/h3-4,6-7H,5,13H2,(H,16,17)(H,14,15,18). The summed E-state index contributed by atoms with van der Waals surface area (Å²) in [7, 11) is 0. The number of nitrogens with two attached hydrogens (primary N) is 1. The van der Waals surface area contributed by atoms with Gasteiger partial charge in [0, 0.05) is 11.4 Å². The molecule has 0 aromatic carbocycles. The lowest BCUT2D eigenvalue weighted by molar-refractivity contribution is 0.102. The molecule has 19 heavy (non-hydrogen) atoms. The predicted octanol–water partition coefficient (Wildman–Crippen LogP) is 0.394. The fourth-order valence-corrected chi connectivity index (χ4v) is 2.02. The van der Waals surface area contributed by atoms with Crippen molar-refractivity contribution in [2.75, 3.05) is 11.9 Å². The van der Waals surface area contributed by atoms with E-state index in [9.17, 15) is 9.59 Å². The monoisotopic (exact) mass is 274 g/mol. The van der Waals surface area contributed by atoms with E-state index in [-0.39, 0.29) is 23.8 Å². The summed E-state index contributed by atoms with van der Waals surface area (Å²) in [4.78, 5) is 23.5. The largest absolute Gasteiger partial charge is 0.320 e. The highest BCUT2D eigenvalue weighted by Gasteiger charge is 2.09. The zero-order valence-electron chi connectivity index (χ0n) is 9.77. The molecule has 2 aromatic heterocycles. The van der Waals surface area contributed by atoms with Crippen LogP contribution in [0.15, 0.2) is 28.4 Å². The van der Waals surface area contributed by atoms with Gasteiger partial charge in [-0.15, -0.1) is 11.3 Å². The molecule has 2 heterocycles. The zero-order valence-corrected chi connectivity index (χ0v) is 10.6. The van der Waals surface area contributed by atoms with Crippen molar-refractivity contribution in [3.8, 4) is 11.8 Å². The molecule has 4 N–H and O–H groups in total. The van der Waals surface area contributed by atoms with Crippen molar-refractivity contribution in [2.24, 2.45) is 5.73 Å². The first-order valence-electron chi connectivity index (χ1n) is 5.33. The lowest BCUT2D eigenvalue weighted by Gasteiger charge is -2.00. The van der Waals surface area contributed by atoms with Gasteiger partial charge in [-0.25, -0.2) is 5.10 Å². The number of carbonyl (C=O) groups is 1. The summed E-state index contributed by atoms with van der Waals surface area (Å²) >= 11 is 1.36. The molecule has 0 saturated carbocycles. The summed E-state index contributed by atoms with van der Waals surface area (Å²) in [6.45, 7) is 0.279. The van der Waals surface area contributed by atoms with Crippen LogP contribution >= 0.6 is 11.3 Å². The Balaban J connectivity index is 2.09. The SMILES string of the molecule is NCC#Cc1cc(C(=O)Nc2ccc(=O)[nH]n2)cs1. The lowest BCUT2D eigenvalue weighted by Crippen LogP contribution is -2.15. The Morgan fingerprint density at radius 3 is 3.05 bits per heavy atom. The van der Waals surface area contributed by atoms with Gasteiger partial charge in [0.15, 0.2) is 5.82 Å². The lowest BCUT2D eigenvalue weighted by atomic mass is 10.3. The van der Waals surface area contributed by atoms with Crippen LogP contribution in [-0.2, 0) is 0 Å². The molecule has 0 spiro atoms. The van der Waals surface area contributed by atoms with Crippen LogP contribution in [0.5, 0.6) is 0 Å². The summed E-state index contributed by atoms with van der Waals surface area (Å²) in [5.41, 5.74) is 5.43. The maximum absolute atomic E-state index is 11.9. The first kappa shape index (κ1) is 13.0. The molecule has 0 aliphatic rings. The van der Waals surface area contributed by atoms with E-state index in [4.69, 9.17) is 5.73 Å². The molecule has 96 valence electrons. The number of H-pyrrole nitrogens is 1. The summed E-state index contributed by atoms with van der Waals surface area (Å²) < 4.78 is 0. The number of anilines is 1. The van der Waals surface area contributed by atoms with E-state index in [0.717, 1.165) is 4.88 Å². The summed E-state index contributed by atoms with van der Waals surface area (Å²) in [6, 6.07) is 4.39. The molecular weight excluding hydrogens is 264 g/mol. The third-order valence-corrected chi connectivity index (χ3v) is 2.94. The van der Waals surface area contributed by atoms with Gasteiger partial charge in [-0.2, -0.15) is 5.10 Å². The molecule has 0 aliphatic carbocycles. The number of aromatic nitrogens is 2. The van der Waals surface area contributed by atoms with Gasteiger partial charge >= 0.3 is 0 Å². The zero-order chi connectivity index (χ0) is 13.7. The van der Waals surface area contributed by atoms with Crippen LogP contribution < -0.4 is 16.6 Å². The van der Waals surface area contributed by atoms with Gasteiger partial charge in [-0.05, 0) is 12.1 Å². The molecule has 2 rings (SSSR count). The number of thiophene rings is 1. The minimum atomic E-state index is -0.326. The Hall–Kier alpha value is -2.43. The molecule has 0 aliphatic heterocycles. The fourth-order valence-electron chi connectivity index (χ4n) is 1.26. The summed E-state index contributed by atoms with van der Waals surface area (Å²) in [5, 5.41) is 10.2.